The Hall–Kier alpha value is -2.20. The summed E-state index contributed by atoms with van der Waals surface area (Å²) in [6, 6.07) is 6.33. The lowest BCUT2D eigenvalue weighted by molar-refractivity contribution is 0.597. The van der Waals surface area contributed by atoms with Crippen LogP contribution in [0.15, 0.2) is 41.4 Å². The van der Waals surface area contributed by atoms with Crippen molar-refractivity contribution in [1.82, 2.24) is 4.98 Å². The summed E-state index contributed by atoms with van der Waals surface area (Å²) in [5, 5.41) is 3.02. The van der Waals surface area contributed by atoms with E-state index in [1.54, 1.807) is 6.07 Å². The van der Waals surface area contributed by atoms with Crippen LogP contribution in [0, 0.1) is 12.7 Å². The molecule has 1 aliphatic heterocycles. The predicted molar refractivity (Wildman–Crippen MR) is 96.9 cm³/mol. The van der Waals surface area contributed by atoms with Crippen molar-refractivity contribution in [3.8, 4) is 0 Å². The molecule has 1 atom stereocenters. The Labute approximate surface area is 151 Å². The summed E-state index contributed by atoms with van der Waals surface area (Å²) in [6.45, 7) is 1.51. The van der Waals surface area contributed by atoms with Crippen LogP contribution in [0.5, 0.6) is 0 Å². The lowest BCUT2D eigenvalue weighted by atomic mass is 10.2. The lowest BCUT2D eigenvalue weighted by Crippen LogP contribution is -2.21. The molecule has 2 heterocycles. The van der Waals surface area contributed by atoms with Crippen molar-refractivity contribution in [2.75, 3.05) is 21.5 Å². The third-order valence-corrected chi connectivity index (χ3v) is 7.34. The molecule has 3 rings (SSSR count). The van der Waals surface area contributed by atoms with Crippen LogP contribution in [0.3, 0.4) is 0 Å². The maximum absolute atomic E-state index is 13.2. The van der Waals surface area contributed by atoms with E-state index >= 15 is 0 Å². The Balaban J connectivity index is 1.71. The molecular weight excluding hydrogens is 381 g/mol. The molecule has 1 unspecified atom stereocenters. The van der Waals surface area contributed by atoms with Crippen molar-refractivity contribution < 1.29 is 21.2 Å². The van der Waals surface area contributed by atoms with Crippen molar-refractivity contribution in [3.05, 3.63) is 47.9 Å². The molecule has 0 radical (unpaired) electrons. The molecule has 140 valence electrons. The number of aryl methyl sites for hydroxylation is 1. The van der Waals surface area contributed by atoms with Crippen LogP contribution in [0.25, 0.3) is 0 Å². The minimum absolute atomic E-state index is 0.0164. The molecule has 0 saturated carbocycles. The van der Waals surface area contributed by atoms with Gasteiger partial charge in [-0.05, 0) is 49.2 Å². The monoisotopic (exact) mass is 399 g/mol. The number of aromatic nitrogens is 1. The van der Waals surface area contributed by atoms with Gasteiger partial charge in [-0.2, -0.15) is 0 Å². The standard InChI is InChI=1S/C16H18FN3O4S2/c1-11-8-12(17)2-4-15(11)26(23,24)20-13-3-5-16(18-9-13)19-14-6-7-25(21,22)10-14/h2-5,8-9,14,20H,6-7,10H2,1H3,(H,18,19). The smallest absolute Gasteiger partial charge is 0.262 e. The third-order valence-electron chi connectivity index (χ3n) is 4.03. The molecule has 0 bridgehead atoms. The second kappa shape index (κ2) is 6.84. The fraction of sp³-hybridized carbons (Fsp3) is 0.312. The number of hydrogen-bond acceptors (Lipinski definition) is 6. The van der Waals surface area contributed by atoms with E-state index in [1.165, 1.54) is 25.3 Å². The molecule has 1 aromatic heterocycles. The number of benzene rings is 1. The van der Waals surface area contributed by atoms with Crippen molar-refractivity contribution in [2.24, 2.45) is 0 Å². The quantitative estimate of drug-likeness (QED) is 0.796. The lowest BCUT2D eigenvalue weighted by Gasteiger charge is -2.13. The van der Waals surface area contributed by atoms with E-state index < -0.39 is 25.7 Å². The van der Waals surface area contributed by atoms with Gasteiger partial charge >= 0.3 is 0 Å². The number of halogens is 1. The molecule has 2 N–H and O–H groups in total. The van der Waals surface area contributed by atoms with Crippen molar-refractivity contribution in [3.63, 3.8) is 0 Å². The average Bonchev–Trinajstić information content (AvgIpc) is 2.87. The summed E-state index contributed by atoms with van der Waals surface area (Å²) in [5.41, 5.74) is 0.546. The Morgan fingerprint density at radius 1 is 1.23 bits per heavy atom. The van der Waals surface area contributed by atoms with Crippen LogP contribution in [0.1, 0.15) is 12.0 Å². The number of rotatable bonds is 5. The van der Waals surface area contributed by atoms with E-state index in [1.807, 2.05) is 0 Å². The number of sulfonamides is 1. The first-order valence-corrected chi connectivity index (χ1v) is 11.2. The van der Waals surface area contributed by atoms with E-state index in [4.69, 9.17) is 0 Å². The molecule has 0 spiro atoms. The number of nitrogens with zero attached hydrogens (tertiary/aromatic N) is 1. The SMILES string of the molecule is Cc1cc(F)ccc1S(=O)(=O)Nc1ccc(NC2CCS(=O)(=O)C2)nc1. The number of anilines is 2. The Kier molecular flexibility index (Phi) is 4.89. The highest BCUT2D eigenvalue weighted by Crippen LogP contribution is 2.21. The van der Waals surface area contributed by atoms with Gasteiger partial charge in [-0.15, -0.1) is 0 Å². The van der Waals surface area contributed by atoms with Gasteiger partial charge in [0.25, 0.3) is 10.0 Å². The molecule has 1 saturated heterocycles. The second-order valence-corrected chi connectivity index (χ2v) is 10.1. The first-order chi connectivity index (χ1) is 12.1. The maximum atomic E-state index is 13.2. The number of sulfone groups is 1. The Morgan fingerprint density at radius 3 is 2.58 bits per heavy atom. The zero-order valence-corrected chi connectivity index (χ0v) is 15.6. The second-order valence-electron chi connectivity index (χ2n) is 6.19. The normalized spacial score (nSPS) is 19.2. The van der Waals surface area contributed by atoms with E-state index in [0.29, 0.717) is 17.8 Å². The zero-order chi connectivity index (χ0) is 18.9. The van der Waals surface area contributed by atoms with Crippen LogP contribution in [-0.4, -0.2) is 39.4 Å². The van der Waals surface area contributed by atoms with E-state index in [-0.39, 0.29) is 28.1 Å². The minimum atomic E-state index is -3.87. The van der Waals surface area contributed by atoms with Crippen molar-refractivity contribution in [1.29, 1.82) is 0 Å². The largest absolute Gasteiger partial charge is 0.366 e. The summed E-state index contributed by atoms with van der Waals surface area (Å²) in [6.07, 6.45) is 1.85. The topological polar surface area (TPSA) is 105 Å². The van der Waals surface area contributed by atoms with Crippen LogP contribution in [0.4, 0.5) is 15.9 Å². The highest BCUT2D eigenvalue weighted by atomic mass is 32.2. The van der Waals surface area contributed by atoms with Gasteiger partial charge in [0.05, 0.1) is 28.3 Å². The third kappa shape index (κ3) is 4.31. The molecule has 0 amide bonds. The van der Waals surface area contributed by atoms with Gasteiger partial charge < -0.3 is 5.32 Å². The highest BCUT2D eigenvalue weighted by Gasteiger charge is 2.27. The summed E-state index contributed by atoms with van der Waals surface area (Å²) >= 11 is 0. The highest BCUT2D eigenvalue weighted by molar-refractivity contribution is 7.92. The summed E-state index contributed by atoms with van der Waals surface area (Å²) < 4.78 is 63.3. The van der Waals surface area contributed by atoms with Crippen LogP contribution in [0.2, 0.25) is 0 Å². The van der Waals surface area contributed by atoms with Gasteiger partial charge in [0.2, 0.25) is 0 Å². The summed E-state index contributed by atoms with van der Waals surface area (Å²) in [5.74, 6) is 0.174. The van der Waals surface area contributed by atoms with Gasteiger partial charge in [0, 0.05) is 6.04 Å². The van der Waals surface area contributed by atoms with Crippen LogP contribution >= 0.6 is 0 Å². The molecule has 7 nitrogen and oxygen atoms in total. The fourth-order valence-corrected chi connectivity index (χ4v) is 5.73. The molecule has 1 fully saturated rings. The van der Waals surface area contributed by atoms with E-state index in [0.717, 1.165) is 12.1 Å². The molecule has 10 heteroatoms. The van der Waals surface area contributed by atoms with Gasteiger partial charge in [0.1, 0.15) is 11.6 Å². The first-order valence-electron chi connectivity index (χ1n) is 7.87. The Bertz CT molecular complexity index is 1020. The Morgan fingerprint density at radius 2 is 2.00 bits per heavy atom. The first kappa shape index (κ1) is 18.6. The van der Waals surface area contributed by atoms with Gasteiger partial charge in [0.15, 0.2) is 9.84 Å². The summed E-state index contributed by atoms with van der Waals surface area (Å²) in [7, 11) is -6.86. The molecular formula is C16H18FN3O4S2. The summed E-state index contributed by atoms with van der Waals surface area (Å²) in [4.78, 5) is 4.10. The van der Waals surface area contributed by atoms with E-state index in [9.17, 15) is 21.2 Å². The maximum Gasteiger partial charge on any atom is 0.262 e. The number of nitrogens with one attached hydrogen (secondary N) is 2. The van der Waals surface area contributed by atoms with Gasteiger partial charge in [-0.1, -0.05) is 0 Å². The molecule has 26 heavy (non-hydrogen) atoms. The van der Waals surface area contributed by atoms with Crippen LogP contribution in [-0.2, 0) is 19.9 Å². The fourth-order valence-electron chi connectivity index (χ4n) is 2.78. The van der Waals surface area contributed by atoms with Crippen LogP contribution < -0.4 is 10.0 Å². The average molecular weight is 399 g/mol. The molecule has 1 aromatic carbocycles. The van der Waals surface area contributed by atoms with Gasteiger partial charge in [-0.25, -0.2) is 26.2 Å². The zero-order valence-electron chi connectivity index (χ0n) is 13.9. The molecule has 0 aliphatic carbocycles. The molecule has 1 aliphatic rings. The number of pyridine rings is 1. The number of hydrogen-bond donors (Lipinski definition) is 2. The predicted octanol–water partition coefficient (Wildman–Crippen LogP) is 1.93. The van der Waals surface area contributed by atoms with E-state index in [2.05, 4.69) is 15.0 Å². The molecule has 2 aromatic rings. The van der Waals surface area contributed by atoms with Crippen molar-refractivity contribution in [2.45, 2.75) is 24.3 Å². The van der Waals surface area contributed by atoms with Gasteiger partial charge in [-0.3, -0.25) is 4.72 Å². The van der Waals surface area contributed by atoms with Crippen molar-refractivity contribution >= 4 is 31.4 Å². The minimum Gasteiger partial charge on any atom is -0.366 e.